The van der Waals surface area contributed by atoms with Crippen molar-refractivity contribution in [2.75, 3.05) is 13.1 Å². The minimum atomic E-state index is 0. The molecule has 0 aromatic rings. The van der Waals surface area contributed by atoms with E-state index in [-0.39, 0.29) is 18.4 Å². The topological polar surface area (TPSA) is 58.7 Å². The summed E-state index contributed by atoms with van der Waals surface area (Å²) in [4.78, 5) is 10.1. The third-order valence-corrected chi connectivity index (χ3v) is 1.97. The van der Waals surface area contributed by atoms with Gasteiger partial charge in [-0.25, -0.2) is 0 Å². The van der Waals surface area contributed by atoms with Crippen LogP contribution < -0.4 is 5.73 Å². The van der Waals surface area contributed by atoms with Crippen molar-refractivity contribution < 1.29 is 0 Å². The minimum absolute atomic E-state index is 0. The molecule has 5 heteroatoms. The first-order valence-electron chi connectivity index (χ1n) is 3.68. The maximum atomic E-state index is 10.1. The Kier molecular flexibility index (Phi) is 5.15. The van der Waals surface area contributed by atoms with E-state index in [4.69, 9.17) is 5.73 Å². The van der Waals surface area contributed by atoms with Crippen LogP contribution in [-0.4, -0.2) is 24.1 Å². The summed E-state index contributed by atoms with van der Waals surface area (Å²) in [5.41, 5.74) is 5.43. The van der Waals surface area contributed by atoms with Crippen molar-refractivity contribution in [3.8, 4) is 0 Å². The number of nitrogens with zero attached hydrogens (tertiary/aromatic N) is 2. The molecule has 1 rings (SSSR count). The molecule has 0 aliphatic carbocycles. The van der Waals surface area contributed by atoms with Crippen molar-refractivity contribution in [3.05, 3.63) is 4.91 Å². The molecule has 1 saturated heterocycles. The van der Waals surface area contributed by atoms with E-state index in [0.29, 0.717) is 6.54 Å². The molecule has 11 heavy (non-hydrogen) atoms. The molecule has 2 N–H and O–H groups in total. The zero-order valence-corrected chi connectivity index (χ0v) is 7.22. The molecule has 0 amide bonds. The van der Waals surface area contributed by atoms with E-state index >= 15 is 0 Å². The molecule has 1 fully saturated rings. The fourth-order valence-electron chi connectivity index (χ4n) is 1.33. The predicted molar refractivity (Wildman–Crippen MR) is 46.4 cm³/mol. The highest BCUT2D eigenvalue weighted by atomic mass is 35.5. The van der Waals surface area contributed by atoms with Gasteiger partial charge in [-0.3, -0.25) is 5.01 Å². The SMILES string of the molecule is Cl.NCC1CCCCN1N=O. The van der Waals surface area contributed by atoms with Crippen LogP contribution in [0.4, 0.5) is 0 Å². The van der Waals surface area contributed by atoms with Crippen LogP contribution in [0.15, 0.2) is 5.29 Å². The van der Waals surface area contributed by atoms with Crippen LogP contribution >= 0.6 is 12.4 Å². The first-order valence-corrected chi connectivity index (χ1v) is 3.68. The Labute approximate surface area is 72.5 Å². The summed E-state index contributed by atoms with van der Waals surface area (Å²) in [6.45, 7) is 1.33. The molecule has 1 aliphatic rings. The van der Waals surface area contributed by atoms with Gasteiger partial charge in [0.2, 0.25) is 0 Å². The molecule has 0 bridgehead atoms. The normalized spacial score (nSPS) is 24.1. The van der Waals surface area contributed by atoms with Gasteiger partial charge in [0.05, 0.1) is 11.3 Å². The van der Waals surface area contributed by atoms with Crippen LogP contribution in [0.5, 0.6) is 0 Å². The van der Waals surface area contributed by atoms with Gasteiger partial charge in [0.25, 0.3) is 0 Å². The summed E-state index contributed by atoms with van der Waals surface area (Å²) >= 11 is 0. The molecule has 0 spiro atoms. The smallest absolute Gasteiger partial charge is 0.0624 e. The van der Waals surface area contributed by atoms with Gasteiger partial charge in [-0.2, -0.15) is 0 Å². The molecular weight excluding hydrogens is 166 g/mol. The average Bonchev–Trinajstić information content (AvgIpc) is 2.04. The Morgan fingerprint density at radius 2 is 2.27 bits per heavy atom. The summed E-state index contributed by atoms with van der Waals surface area (Å²) in [5, 5.41) is 4.46. The lowest BCUT2D eigenvalue weighted by Gasteiger charge is -2.29. The first-order chi connectivity index (χ1) is 4.88. The van der Waals surface area contributed by atoms with E-state index in [9.17, 15) is 4.91 Å². The monoisotopic (exact) mass is 179 g/mol. The van der Waals surface area contributed by atoms with Crippen molar-refractivity contribution in [1.29, 1.82) is 0 Å². The molecule has 66 valence electrons. The van der Waals surface area contributed by atoms with Crippen molar-refractivity contribution in [2.24, 2.45) is 11.0 Å². The second kappa shape index (κ2) is 5.32. The van der Waals surface area contributed by atoms with E-state index in [1.807, 2.05) is 0 Å². The van der Waals surface area contributed by atoms with Crippen molar-refractivity contribution in [3.63, 3.8) is 0 Å². The van der Waals surface area contributed by atoms with Crippen LogP contribution in [0, 0.1) is 4.91 Å². The largest absolute Gasteiger partial charge is 0.328 e. The van der Waals surface area contributed by atoms with Gasteiger partial charge >= 0.3 is 0 Å². The fourth-order valence-corrected chi connectivity index (χ4v) is 1.33. The van der Waals surface area contributed by atoms with Crippen molar-refractivity contribution in [2.45, 2.75) is 25.3 Å². The van der Waals surface area contributed by atoms with Crippen LogP contribution in [0.3, 0.4) is 0 Å². The second-order valence-electron chi connectivity index (χ2n) is 2.63. The van der Waals surface area contributed by atoms with E-state index in [1.165, 1.54) is 6.42 Å². The van der Waals surface area contributed by atoms with Crippen molar-refractivity contribution in [1.82, 2.24) is 5.01 Å². The summed E-state index contributed by atoms with van der Waals surface area (Å²) in [5.74, 6) is 0. The minimum Gasteiger partial charge on any atom is -0.328 e. The predicted octanol–water partition coefficient (Wildman–Crippen LogP) is 0.903. The number of hydrogen-bond acceptors (Lipinski definition) is 3. The van der Waals surface area contributed by atoms with Gasteiger partial charge in [0.1, 0.15) is 0 Å². The van der Waals surface area contributed by atoms with Gasteiger partial charge in [-0.15, -0.1) is 17.3 Å². The Morgan fingerprint density at radius 3 is 2.73 bits per heavy atom. The van der Waals surface area contributed by atoms with Crippen LogP contribution in [0.2, 0.25) is 0 Å². The molecule has 1 aliphatic heterocycles. The van der Waals surface area contributed by atoms with E-state index < -0.39 is 0 Å². The van der Waals surface area contributed by atoms with Gasteiger partial charge in [-0.1, -0.05) is 0 Å². The highest BCUT2D eigenvalue weighted by molar-refractivity contribution is 5.85. The number of halogens is 1. The summed E-state index contributed by atoms with van der Waals surface area (Å²) in [6.07, 6.45) is 3.26. The zero-order chi connectivity index (χ0) is 7.40. The highest BCUT2D eigenvalue weighted by Gasteiger charge is 2.19. The third-order valence-electron chi connectivity index (χ3n) is 1.97. The van der Waals surface area contributed by atoms with Gasteiger partial charge < -0.3 is 5.73 Å². The third kappa shape index (κ3) is 2.63. The summed E-state index contributed by atoms with van der Waals surface area (Å²) < 4.78 is 0. The van der Waals surface area contributed by atoms with Crippen molar-refractivity contribution >= 4 is 12.4 Å². The maximum Gasteiger partial charge on any atom is 0.0624 e. The Bertz CT molecular complexity index is 122. The lowest BCUT2D eigenvalue weighted by atomic mass is 10.0. The Balaban J connectivity index is 0.000001000. The van der Waals surface area contributed by atoms with E-state index in [1.54, 1.807) is 5.01 Å². The van der Waals surface area contributed by atoms with Crippen LogP contribution in [0.25, 0.3) is 0 Å². The molecule has 1 heterocycles. The molecule has 0 saturated carbocycles. The quantitative estimate of drug-likeness (QED) is 0.641. The Morgan fingerprint density at radius 1 is 1.55 bits per heavy atom. The van der Waals surface area contributed by atoms with Crippen LogP contribution in [0.1, 0.15) is 19.3 Å². The number of nitroso groups, excluding NO2 is 1. The molecule has 0 radical (unpaired) electrons. The number of piperidine rings is 1. The van der Waals surface area contributed by atoms with Gasteiger partial charge in [0, 0.05) is 13.1 Å². The molecular formula is C6H14ClN3O. The zero-order valence-electron chi connectivity index (χ0n) is 6.40. The standard InChI is InChI=1S/C6H13N3O.ClH/c7-5-6-3-1-2-4-9(6)8-10;/h6H,1-5,7H2;1H. The first kappa shape index (κ1) is 10.7. The fraction of sp³-hybridized carbons (Fsp3) is 1.00. The number of rotatable bonds is 2. The number of nitrogens with two attached hydrogens (primary N) is 1. The summed E-state index contributed by atoms with van der Waals surface area (Å²) in [7, 11) is 0. The highest BCUT2D eigenvalue weighted by Crippen LogP contribution is 2.15. The lowest BCUT2D eigenvalue weighted by molar-refractivity contribution is 0.156. The maximum absolute atomic E-state index is 10.1. The molecule has 1 unspecified atom stereocenters. The molecule has 4 nitrogen and oxygen atoms in total. The molecule has 1 atom stereocenters. The Hall–Kier alpha value is -0.350. The van der Waals surface area contributed by atoms with Gasteiger partial charge in [-0.05, 0) is 19.3 Å². The lowest BCUT2D eigenvalue weighted by Crippen LogP contribution is -2.40. The number of hydrogen-bond donors (Lipinski definition) is 1. The van der Waals surface area contributed by atoms with E-state index in [2.05, 4.69) is 5.29 Å². The van der Waals surface area contributed by atoms with Crippen LogP contribution in [-0.2, 0) is 0 Å². The molecule has 0 aromatic carbocycles. The van der Waals surface area contributed by atoms with Gasteiger partial charge in [0.15, 0.2) is 0 Å². The summed E-state index contributed by atoms with van der Waals surface area (Å²) in [6, 6.07) is 0.200. The second-order valence-corrected chi connectivity index (χ2v) is 2.63. The van der Waals surface area contributed by atoms with E-state index in [0.717, 1.165) is 19.4 Å². The molecule has 0 aromatic heterocycles. The average molecular weight is 180 g/mol.